The third-order valence-corrected chi connectivity index (χ3v) is 3.92. The first-order chi connectivity index (χ1) is 10.2. The lowest BCUT2D eigenvalue weighted by molar-refractivity contribution is -0.122. The maximum atomic E-state index is 12.2. The van der Waals surface area contributed by atoms with Crippen molar-refractivity contribution < 1.29 is 9.53 Å². The van der Waals surface area contributed by atoms with Crippen molar-refractivity contribution in [3.63, 3.8) is 0 Å². The van der Waals surface area contributed by atoms with Crippen molar-refractivity contribution in [3.8, 4) is 5.75 Å². The number of nitrogens with zero attached hydrogens (tertiary/aromatic N) is 1. The summed E-state index contributed by atoms with van der Waals surface area (Å²) in [6, 6.07) is 7.68. The smallest absolute Gasteiger partial charge is 0.227 e. The molecule has 0 aliphatic carbocycles. The zero-order chi connectivity index (χ0) is 15.1. The zero-order valence-electron chi connectivity index (χ0n) is 13.3. The number of methoxy groups -OCH3 is 1. The zero-order valence-corrected chi connectivity index (χ0v) is 14.1. The summed E-state index contributed by atoms with van der Waals surface area (Å²) in [5.74, 6) is 0.689. The van der Waals surface area contributed by atoms with E-state index in [1.807, 2.05) is 31.2 Å². The average molecular weight is 328 g/mol. The van der Waals surface area contributed by atoms with Crippen LogP contribution in [0.5, 0.6) is 5.75 Å². The van der Waals surface area contributed by atoms with Crippen LogP contribution in [0.4, 0.5) is 0 Å². The Kier molecular flexibility index (Phi) is 8.24. The van der Waals surface area contributed by atoms with Gasteiger partial charge in [0.2, 0.25) is 5.91 Å². The molecule has 1 aliphatic heterocycles. The second-order valence-corrected chi connectivity index (χ2v) is 5.38. The van der Waals surface area contributed by atoms with E-state index in [1.165, 1.54) is 0 Å². The molecule has 1 aromatic carbocycles. The molecule has 22 heavy (non-hydrogen) atoms. The molecule has 0 saturated carbocycles. The highest BCUT2D eigenvalue weighted by Crippen LogP contribution is 2.20. The number of halogens is 1. The van der Waals surface area contributed by atoms with E-state index in [-0.39, 0.29) is 24.2 Å². The van der Waals surface area contributed by atoms with Crippen LogP contribution in [0.25, 0.3) is 0 Å². The summed E-state index contributed by atoms with van der Waals surface area (Å²) in [4.78, 5) is 14.6. The Hall–Kier alpha value is -1.30. The van der Waals surface area contributed by atoms with Crippen LogP contribution in [0.3, 0.4) is 0 Å². The number of piperazine rings is 1. The number of benzene rings is 1. The number of amides is 1. The Labute approximate surface area is 138 Å². The third-order valence-electron chi connectivity index (χ3n) is 3.92. The average Bonchev–Trinajstić information content (AvgIpc) is 2.55. The summed E-state index contributed by atoms with van der Waals surface area (Å²) >= 11 is 0. The van der Waals surface area contributed by atoms with Gasteiger partial charge in [-0.05, 0) is 24.6 Å². The lowest BCUT2D eigenvalue weighted by Gasteiger charge is -2.27. The molecule has 5 nitrogen and oxygen atoms in total. The van der Waals surface area contributed by atoms with E-state index in [0.29, 0.717) is 6.54 Å². The van der Waals surface area contributed by atoms with Gasteiger partial charge in [0.05, 0.1) is 13.0 Å². The second-order valence-electron chi connectivity index (χ2n) is 5.38. The van der Waals surface area contributed by atoms with Crippen LogP contribution in [0.15, 0.2) is 24.3 Å². The molecular formula is C16H26ClN3O2. The SMILES string of the molecule is COc1cccc(C(C)C(=O)NCCN2CCNCC2)c1.Cl. The Morgan fingerprint density at radius 3 is 2.82 bits per heavy atom. The van der Waals surface area contributed by atoms with Crippen molar-refractivity contribution in [1.29, 1.82) is 0 Å². The van der Waals surface area contributed by atoms with E-state index in [9.17, 15) is 4.79 Å². The molecule has 1 saturated heterocycles. The largest absolute Gasteiger partial charge is 0.497 e. The number of hydrogen-bond donors (Lipinski definition) is 2. The maximum absolute atomic E-state index is 12.2. The minimum atomic E-state index is -0.164. The van der Waals surface area contributed by atoms with Crippen molar-refractivity contribution in [2.75, 3.05) is 46.4 Å². The molecule has 1 heterocycles. The van der Waals surface area contributed by atoms with E-state index in [4.69, 9.17) is 4.74 Å². The Bertz CT molecular complexity index is 464. The van der Waals surface area contributed by atoms with Crippen LogP contribution in [0, 0.1) is 0 Å². The van der Waals surface area contributed by atoms with Crippen LogP contribution in [-0.2, 0) is 4.79 Å². The Balaban J connectivity index is 0.00000242. The summed E-state index contributed by atoms with van der Waals surface area (Å²) in [6.07, 6.45) is 0. The number of ether oxygens (including phenoxy) is 1. The molecule has 124 valence electrons. The molecule has 0 spiro atoms. The van der Waals surface area contributed by atoms with Gasteiger partial charge in [-0.15, -0.1) is 12.4 Å². The predicted octanol–water partition coefficient (Wildman–Crippen LogP) is 1.24. The summed E-state index contributed by atoms with van der Waals surface area (Å²) in [5.41, 5.74) is 0.981. The molecule has 1 amide bonds. The van der Waals surface area contributed by atoms with Crippen molar-refractivity contribution in [1.82, 2.24) is 15.5 Å². The molecule has 2 rings (SSSR count). The number of hydrogen-bond acceptors (Lipinski definition) is 4. The van der Waals surface area contributed by atoms with Gasteiger partial charge >= 0.3 is 0 Å². The van der Waals surface area contributed by atoms with Crippen LogP contribution in [-0.4, -0.2) is 57.2 Å². The van der Waals surface area contributed by atoms with E-state index < -0.39 is 0 Å². The van der Waals surface area contributed by atoms with Crippen LogP contribution in [0.2, 0.25) is 0 Å². The molecule has 1 aromatic rings. The quantitative estimate of drug-likeness (QED) is 0.825. The summed E-state index contributed by atoms with van der Waals surface area (Å²) in [5, 5.41) is 6.35. The van der Waals surface area contributed by atoms with E-state index >= 15 is 0 Å². The van der Waals surface area contributed by atoms with Crippen molar-refractivity contribution in [3.05, 3.63) is 29.8 Å². The highest BCUT2D eigenvalue weighted by molar-refractivity contribution is 5.85. The third kappa shape index (κ3) is 5.48. The molecule has 1 fully saturated rings. The minimum Gasteiger partial charge on any atom is -0.497 e. The topological polar surface area (TPSA) is 53.6 Å². The van der Waals surface area contributed by atoms with Gasteiger partial charge in [0, 0.05) is 39.3 Å². The molecule has 1 aliphatic rings. The van der Waals surface area contributed by atoms with Crippen LogP contribution < -0.4 is 15.4 Å². The second kappa shape index (κ2) is 9.66. The van der Waals surface area contributed by atoms with Gasteiger partial charge < -0.3 is 15.4 Å². The molecule has 0 aromatic heterocycles. The summed E-state index contributed by atoms with van der Waals surface area (Å²) < 4.78 is 5.20. The summed E-state index contributed by atoms with van der Waals surface area (Å²) in [7, 11) is 1.64. The first-order valence-corrected chi connectivity index (χ1v) is 7.55. The molecule has 1 atom stereocenters. The van der Waals surface area contributed by atoms with Gasteiger partial charge in [0.25, 0.3) is 0 Å². The van der Waals surface area contributed by atoms with Gasteiger partial charge in [0.1, 0.15) is 5.75 Å². The van der Waals surface area contributed by atoms with Crippen molar-refractivity contribution in [2.24, 2.45) is 0 Å². The minimum absolute atomic E-state index is 0. The fourth-order valence-corrected chi connectivity index (χ4v) is 2.49. The Morgan fingerprint density at radius 2 is 2.14 bits per heavy atom. The normalized spacial score (nSPS) is 16.5. The summed E-state index contributed by atoms with van der Waals surface area (Å²) in [6.45, 7) is 7.73. The van der Waals surface area contributed by atoms with Gasteiger partial charge in [0.15, 0.2) is 0 Å². The fraction of sp³-hybridized carbons (Fsp3) is 0.562. The lowest BCUT2D eigenvalue weighted by Crippen LogP contribution is -2.46. The highest BCUT2D eigenvalue weighted by atomic mass is 35.5. The number of carbonyl (C=O) groups excluding carboxylic acids is 1. The molecule has 6 heteroatoms. The monoisotopic (exact) mass is 327 g/mol. The number of carbonyl (C=O) groups is 1. The Morgan fingerprint density at radius 1 is 1.41 bits per heavy atom. The van der Waals surface area contributed by atoms with E-state index in [2.05, 4.69) is 15.5 Å². The first kappa shape index (κ1) is 18.7. The van der Waals surface area contributed by atoms with E-state index in [0.717, 1.165) is 44.0 Å². The maximum Gasteiger partial charge on any atom is 0.227 e. The van der Waals surface area contributed by atoms with Gasteiger partial charge in [-0.3, -0.25) is 9.69 Å². The van der Waals surface area contributed by atoms with Gasteiger partial charge in [-0.2, -0.15) is 0 Å². The standard InChI is InChI=1S/C16H25N3O2.ClH/c1-13(14-4-3-5-15(12-14)21-2)16(20)18-8-11-19-9-6-17-7-10-19;/h3-5,12-13,17H,6-11H2,1-2H3,(H,18,20);1H. The van der Waals surface area contributed by atoms with Crippen LogP contribution in [0.1, 0.15) is 18.4 Å². The van der Waals surface area contributed by atoms with Crippen LogP contribution >= 0.6 is 12.4 Å². The molecular weight excluding hydrogens is 302 g/mol. The molecule has 1 unspecified atom stereocenters. The van der Waals surface area contributed by atoms with Crippen molar-refractivity contribution >= 4 is 18.3 Å². The molecule has 0 bridgehead atoms. The number of nitrogens with one attached hydrogen (secondary N) is 2. The van der Waals surface area contributed by atoms with E-state index in [1.54, 1.807) is 7.11 Å². The number of rotatable bonds is 6. The molecule has 0 radical (unpaired) electrons. The fourth-order valence-electron chi connectivity index (χ4n) is 2.49. The van der Waals surface area contributed by atoms with Crippen molar-refractivity contribution in [2.45, 2.75) is 12.8 Å². The first-order valence-electron chi connectivity index (χ1n) is 7.55. The predicted molar refractivity (Wildman–Crippen MR) is 91.0 cm³/mol. The van der Waals surface area contributed by atoms with Gasteiger partial charge in [-0.25, -0.2) is 0 Å². The lowest BCUT2D eigenvalue weighted by atomic mass is 10.0. The van der Waals surface area contributed by atoms with Gasteiger partial charge in [-0.1, -0.05) is 12.1 Å². The molecule has 2 N–H and O–H groups in total. The highest BCUT2D eigenvalue weighted by Gasteiger charge is 2.16.